The van der Waals surface area contributed by atoms with Crippen molar-refractivity contribution in [1.29, 1.82) is 0 Å². The molecule has 1 saturated carbocycles. The van der Waals surface area contributed by atoms with Gasteiger partial charge in [-0.15, -0.1) is 0 Å². The van der Waals surface area contributed by atoms with Crippen molar-refractivity contribution in [2.75, 3.05) is 6.61 Å². The van der Waals surface area contributed by atoms with Gasteiger partial charge in [-0.3, -0.25) is 25.2 Å². The van der Waals surface area contributed by atoms with Crippen molar-refractivity contribution in [1.82, 2.24) is 16.2 Å². The Balaban J connectivity index is 1.53. The molecule has 0 aromatic heterocycles. The number of carbonyl (C=O) groups is 3. The number of amides is 3. The van der Waals surface area contributed by atoms with Gasteiger partial charge in [0.15, 0.2) is 0 Å². The Morgan fingerprint density at radius 1 is 1.05 bits per heavy atom. The summed E-state index contributed by atoms with van der Waals surface area (Å²) in [6.45, 7) is 0.396. The summed E-state index contributed by atoms with van der Waals surface area (Å²) in [5.74, 6) is -1.21. The van der Waals surface area contributed by atoms with Crippen LogP contribution in [0, 0.1) is 0 Å². The molecular formula is C15H19N3O4. The zero-order valence-electron chi connectivity index (χ0n) is 12.1. The summed E-state index contributed by atoms with van der Waals surface area (Å²) in [5, 5.41) is 2.53. The van der Waals surface area contributed by atoms with Crippen molar-refractivity contribution in [2.45, 2.75) is 31.7 Å². The van der Waals surface area contributed by atoms with Crippen LogP contribution >= 0.6 is 0 Å². The Kier molecular flexibility index (Phi) is 5.76. The molecule has 3 N–H and O–H groups in total. The molecule has 2 rings (SSSR count). The fourth-order valence-electron chi connectivity index (χ4n) is 1.66. The normalized spacial score (nSPS) is 13.1. The van der Waals surface area contributed by atoms with Crippen molar-refractivity contribution < 1.29 is 19.1 Å². The second-order valence-corrected chi connectivity index (χ2v) is 5.02. The molecule has 3 amide bonds. The summed E-state index contributed by atoms with van der Waals surface area (Å²) in [4.78, 5) is 34.2. The molecule has 1 aromatic rings. The predicted molar refractivity (Wildman–Crippen MR) is 78.6 cm³/mol. The van der Waals surface area contributed by atoms with Crippen LogP contribution in [0.3, 0.4) is 0 Å². The number of rotatable bonds is 6. The van der Waals surface area contributed by atoms with Crippen LogP contribution in [0.4, 0.5) is 0 Å². The lowest BCUT2D eigenvalue weighted by Crippen LogP contribution is -2.48. The average molecular weight is 305 g/mol. The summed E-state index contributed by atoms with van der Waals surface area (Å²) in [6.07, 6.45) is 2.49. The van der Waals surface area contributed by atoms with Gasteiger partial charge in [0.05, 0.1) is 6.61 Å². The van der Waals surface area contributed by atoms with Crippen LogP contribution in [0.15, 0.2) is 30.3 Å². The van der Waals surface area contributed by atoms with Gasteiger partial charge >= 0.3 is 11.8 Å². The van der Waals surface area contributed by atoms with E-state index in [-0.39, 0.29) is 18.4 Å². The summed E-state index contributed by atoms with van der Waals surface area (Å²) < 4.78 is 5.44. The molecule has 1 aromatic carbocycles. The molecule has 0 atom stereocenters. The molecule has 0 unspecified atom stereocenters. The Bertz CT molecular complexity index is 529. The van der Waals surface area contributed by atoms with E-state index in [9.17, 15) is 14.4 Å². The van der Waals surface area contributed by atoms with Crippen LogP contribution in [0.2, 0.25) is 0 Å². The fourth-order valence-corrected chi connectivity index (χ4v) is 1.66. The minimum atomic E-state index is -0.860. The maximum Gasteiger partial charge on any atom is 0.327 e. The molecule has 7 heteroatoms. The van der Waals surface area contributed by atoms with E-state index in [0.717, 1.165) is 18.6 Å². The third-order valence-corrected chi connectivity index (χ3v) is 2.99. The van der Waals surface area contributed by atoms with E-state index in [0.29, 0.717) is 13.0 Å². The molecule has 0 radical (unpaired) electrons. The van der Waals surface area contributed by atoms with Gasteiger partial charge in [-0.2, -0.15) is 0 Å². The number of carbonyl (C=O) groups excluding carboxylic acids is 3. The molecule has 0 bridgehead atoms. The zero-order valence-corrected chi connectivity index (χ0v) is 12.1. The van der Waals surface area contributed by atoms with Gasteiger partial charge in [-0.1, -0.05) is 18.2 Å². The van der Waals surface area contributed by atoms with Crippen molar-refractivity contribution in [2.24, 2.45) is 0 Å². The second-order valence-electron chi connectivity index (χ2n) is 5.02. The van der Waals surface area contributed by atoms with Crippen LogP contribution in [0.5, 0.6) is 5.75 Å². The largest absolute Gasteiger partial charge is 0.494 e. The van der Waals surface area contributed by atoms with Crippen molar-refractivity contribution in [3.05, 3.63) is 30.3 Å². The smallest absolute Gasteiger partial charge is 0.327 e. The van der Waals surface area contributed by atoms with Crippen LogP contribution in [-0.2, 0) is 14.4 Å². The van der Waals surface area contributed by atoms with E-state index in [2.05, 4.69) is 16.2 Å². The van der Waals surface area contributed by atoms with Gasteiger partial charge in [0, 0.05) is 12.5 Å². The Hall–Kier alpha value is -2.57. The lowest BCUT2D eigenvalue weighted by molar-refractivity contribution is -0.141. The zero-order chi connectivity index (χ0) is 15.8. The molecular weight excluding hydrogens is 286 g/mol. The highest BCUT2D eigenvalue weighted by Gasteiger charge is 2.26. The minimum Gasteiger partial charge on any atom is -0.494 e. The van der Waals surface area contributed by atoms with Gasteiger partial charge in [-0.25, -0.2) is 0 Å². The second kappa shape index (κ2) is 8.02. The first-order valence-corrected chi connectivity index (χ1v) is 7.22. The predicted octanol–water partition coefficient (Wildman–Crippen LogP) is 0.272. The summed E-state index contributed by atoms with van der Waals surface area (Å²) in [7, 11) is 0. The number of hydrogen-bond donors (Lipinski definition) is 3. The van der Waals surface area contributed by atoms with Crippen LogP contribution < -0.4 is 20.9 Å². The van der Waals surface area contributed by atoms with Gasteiger partial charge in [0.2, 0.25) is 5.91 Å². The molecule has 118 valence electrons. The van der Waals surface area contributed by atoms with Gasteiger partial charge in [0.1, 0.15) is 5.75 Å². The third kappa shape index (κ3) is 5.82. The van der Waals surface area contributed by atoms with E-state index in [4.69, 9.17) is 4.74 Å². The highest BCUT2D eigenvalue weighted by Crippen LogP contribution is 2.18. The summed E-state index contributed by atoms with van der Waals surface area (Å²) in [6, 6.07) is 9.39. The van der Waals surface area contributed by atoms with E-state index in [1.54, 1.807) is 0 Å². The molecule has 7 nitrogen and oxygen atoms in total. The topological polar surface area (TPSA) is 96.5 Å². The fraction of sp³-hybridized carbons (Fsp3) is 0.400. The number of benzene rings is 1. The Morgan fingerprint density at radius 3 is 2.45 bits per heavy atom. The molecule has 1 aliphatic carbocycles. The van der Waals surface area contributed by atoms with Crippen molar-refractivity contribution >= 4 is 17.7 Å². The lowest BCUT2D eigenvalue weighted by Gasteiger charge is -2.08. The molecule has 0 spiro atoms. The molecule has 0 aliphatic heterocycles. The number of ether oxygens (including phenoxy) is 1. The molecule has 22 heavy (non-hydrogen) atoms. The van der Waals surface area contributed by atoms with E-state index in [1.807, 2.05) is 30.3 Å². The van der Waals surface area contributed by atoms with Crippen molar-refractivity contribution in [3.8, 4) is 5.75 Å². The first-order valence-electron chi connectivity index (χ1n) is 7.22. The number of hydrazine groups is 1. The van der Waals surface area contributed by atoms with Crippen LogP contribution in [0.1, 0.15) is 25.7 Å². The van der Waals surface area contributed by atoms with E-state index >= 15 is 0 Å². The maximum absolute atomic E-state index is 11.5. The minimum absolute atomic E-state index is 0.101. The van der Waals surface area contributed by atoms with Crippen LogP contribution in [0.25, 0.3) is 0 Å². The molecule has 0 heterocycles. The van der Waals surface area contributed by atoms with Gasteiger partial charge in [-0.05, 0) is 31.4 Å². The summed E-state index contributed by atoms with van der Waals surface area (Å²) in [5.41, 5.74) is 4.28. The monoisotopic (exact) mass is 305 g/mol. The first-order chi connectivity index (χ1) is 10.6. The SMILES string of the molecule is O=C(CCCOc1ccccc1)NNC(=O)C(=O)NC1CC1. The number of hydrogen-bond acceptors (Lipinski definition) is 4. The van der Waals surface area contributed by atoms with E-state index in [1.165, 1.54) is 0 Å². The standard InChI is InChI=1S/C15H19N3O4/c19-13(7-4-10-22-12-5-2-1-3-6-12)17-18-15(21)14(20)16-11-8-9-11/h1-3,5-6,11H,4,7-10H2,(H,16,20)(H,17,19)(H,18,21). The Labute approximate surface area is 128 Å². The van der Waals surface area contributed by atoms with Crippen molar-refractivity contribution in [3.63, 3.8) is 0 Å². The highest BCUT2D eigenvalue weighted by atomic mass is 16.5. The first kappa shape index (κ1) is 15.8. The quantitative estimate of drug-likeness (QED) is 0.399. The third-order valence-electron chi connectivity index (χ3n) is 2.99. The summed E-state index contributed by atoms with van der Waals surface area (Å²) >= 11 is 0. The molecule has 1 fully saturated rings. The number of para-hydroxylation sites is 1. The average Bonchev–Trinajstić information content (AvgIpc) is 3.34. The van der Waals surface area contributed by atoms with Gasteiger partial charge < -0.3 is 10.1 Å². The lowest BCUT2D eigenvalue weighted by atomic mass is 10.3. The molecule has 1 aliphatic rings. The van der Waals surface area contributed by atoms with Gasteiger partial charge in [0.25, 0.3) is 0 Å². The highest BCUT2D eigenvalue weighted by molar-refractivity contribution is 6.35. The number of nitrogens with one attached hydrogen (secondary N) is 3. The maximum atomic E-state index is 11.5. The van der Waals surface area contributed by atoms with E-state index < -0.39 is 11.8 Å². The Morgan fingerprint density at radius 2 is 1.77 bits per heavy atom. The van der Waals surface area contributed by atoms with Crippen LogP contribution in [-0.4, -0.2) is 30.4 Å². The molecule has 0 saturated heterocycles.